The molecule has 34 heavy (non-hydrogen) atoms. The molecule has 2 aromatic rings. The van der Waals surface area contributed by atoms with Gasteiger partial charge in [0.05, 0.1) is 27.8 Å². The number of aliphatic hydroxyl groups excluding tert-OH is 1. The highest BCUT2D eigenvalue weighted by molar-refractivity contribution is 6.42. The van der Waals surface area contributed by atoms with Crippen molar-refractivity contribution in [3.63, 3.8) is 0 Å². The van der Waals surface area contributed by atoms with Crippen LogP contribution in [0, 0.1) is 11.3 Å². The summed E-state index contributed by atoms with van der Waals surface area (Å²) in [5.74, 6) is 0.401. The van der Waals surface area contributed by atoms with E-state index in [2.05, 4.69) is 22.4 Å². The number of carbonyl (C=O) groups is 1. The molecular formula is C26H30Cl2N4O2. The van der Waals surface area contributed by atoms with Crippen molar-refractivity contribution in [3.05, 3.63) is 63.6 Å². The molecule has 0 radical (unpaired) electrons. The summed E-state index contributed by atoms with van der Waals surface area (Å²) in [5, 5.41) is 22.9. The zero-order valence-corrected chi connectivity index (χ0v) is 20.6. The molecule has 2 N–H and O–H groups in total. The highest BCUT2D eigenvalue weighted by Crippen LogP contribution is 2.35. The molecule has 180 valence electrons. The van der Waals surface area contributed by atoms with Crippen LogP contribution in [0.5, 0.6) is 0 Å². The highest BCUT2D eigenvalue weighted by atomic mass is 35.5. The number of β-amino-alcohol motifs (C(OH)–C–C–N with tert-alkyl or cyclic N) is 1. The van der Waals surface area contributed by atoms with E-state index < -0.39 is 0 Å². The van der Waals surface area contributed by atoms with Crippen molar-refractivity contribution in [2.24, 2.45) is 0 Å². The normalized spacial score (nSPS) is 22.8. The molecular weight excluding hydrogens is 471 g/mol. The van der Waals surface area contributed by atoms with Crippen LogP contribution in [0.15, 0.2) is 42.5 Å². The van der Waals surface area contributed by atoms with Gasteiger partial charge in [0.25, 0.3) is 0 Å². The first kappa shape index (κ1) is 24.8. The van der Waals surface area contributed by atoms with Gasteiger partial charge in [0, 0.05) is 37.9 Å². The Bertz CT molecular complexity index is 1050. The lowest BCUT2D eigenvalue weighted by atomic mass is 9.81. The van der Waals surface area contributed by atoms with Gasteiger partial charge in [-0.3, -0.25) is 4.90 Å². The Hall–Kier alpha value is -2.30. The minimum atomic E-state index is -0.280. The molecule has 0 unspecified atom stereocenters. The number of aliphatic hydroxyl groups is 1. The molecule has 0 spiro atoms. The van der Waals surface area contributed by atoms with Gasteiger partial charge in [-0.2, -0.15) is 5.26 Å². The van der Waals surface area contributed by atoms with Crippen LogP contribution in [-0.4, -0.2) is 59.3 Å². The number of nitrogens with one attached hydrogen (secondary N) is 1. The van der Waals surface area contributed by atoms with Gasteiger partial charge in [-0.1, -0.05) is 35.3 Å². The van der Waals surface area contributed by atoms with Crippen molar-refractivity contribution in [1.29, 1.82) is 5.26 Å². The van der Waals surface area contributed by atoms with Crippen LogP contribution in [0.4, 0.5) is 10.5 Å². The van der Waals surface area contributed by atoms with E-state index in [1.54, 1.807) is 18.2 Å². The van der Waals surface area contributed by atoms with E-state index >= 15 is 0 Å². The highest BCUT2D eigenvalue weighted by Gasteiger charge is 2.31. The molecule has 1 atom stereocenters. The second-order valence-corrected chi connectivity index (χ2v) is 10.1. The maximum absolute atomic E-state index is 13.3. The lowest BCUT2D eigenvalue weighted by molar-refractivity contribution is 0.143. The number of nitrogens with zero attached hydrogens (tertiary/aromatic N) is 3. The first-order valence-electron chi connectivity index (χ1n) is 11.9. The number of benzene rings is 2. The van der Waals surface area contributed by atoms with E-state index in [1.807, 2.05) is 23.1 Å². The Kier molecular flexibility index (Phi) is 8.33. The van der Waals surface area contributed by atoms with Crippen LogP contribution >= 0.6 is 23.2 Å². The number of urea groups is 1. The molecule has 2 aliphatic rings. The van der Waals surface area contributed by atoms with Gasteiger partial charge < -0.3 is 15.3 Å². The topological polar surface area (TPSA) is 79.6 Å². The Labute approximate surface area is 211 Å². The van der Waals surface area contributed by atoms with Gasteiger partial charge in [0.15, 0.2) is 0 Å². The van der Waals surface area contributed by atoms with Crippen LogP contribution in [0.3, 0.4) is 0 Å². The fraction of sp³-hybridized carbons (Fsp3) is 0.462. The molecule has 1 saturated heterocycles. The van der Waals surface area contributed by atoms with E-state index in [4.69, 9.17) is 23.2 Å². The predicted molar refractivity (Wildman–Crippen MR) is 135 cm³/mol. The molecule has 4 rings (SSSR count). The maximum Gasteiger partial charge on any atom is 0.322 e. The van der Waals surface area contributed by atoms with Gasteiger partial charge in [-0.25, -0.2) is 4.79 Å². The summed E-state index contributed by atoms with van der Waals surface area (Å²) in [4.78, 5) is 17.5. The molecule has 2 aromatic carbocycles. The van der Waals surface area contributed by atoms with Crippen molar-refractivity contribution in [1.82, 2.24) is 9.80 Å². The minimum Gasteiger partial charge on any atom is -0.392 e. The van der Waals surface area contributed by atoms with Crippen molar-refractivity contribution in [3.8, 4) is 6.07 Å². The predicted octanol–water partition coefficient (Wildman–Crippen LogP) is 5.49. The number of halogens is 2. The second kappa shape index (κ2) is 11.4. The van der Waals surface area contributed by atoms with Crippen LogP contribution in [0.25, 0.3) is 0 Å². The minimum absolute atomic E-state index is 0.130. The smallest absolute Gasteiger partial charge is 0.322 e. The zero-order valence-electron chi connectivity index (χ0n) is 19.1. The Morgan fingerprint density at radius 2 is 1.91 bits per heavy atom. The molecule has 8 heteroatoms. The van der Waals surface area contributed by atoms with E-state index in [0.29, 0.717) is 40.3 Å². The number of nitriles is 1. The summed E-state index contributed by atoms with van der Waals surface area (Å²) < 4.78 is 0. The summed E-state index contributed by atoms with van der Waals surface area (Å²) >= 11 is 12.2. The van der Waals surface area contributed by atoms with Crippen LogP contribution in [0.2, 0.25) is 10.0 Å². The summed E-state index contributed by atoms with van der Waals surface area (Å²) in [5.41, 5.74) is 2.51. The lowest BCUT2D eigenvalue weighted by Crippen LogP contribution is -2.47. The molecule has 1 heterocycles. The summed E-state index contributed by atoms with van der Waals surface area (Å²) in [6.45, 7) is 2.84. The summed E-state index contributed by atoms with van der Waals surface area (Å²) in [6, 6.07) is 15.2. The average Bonchev–Trinajstić information content (AvgIpc) is 3.27. The van der Waals surface area contributed by atoms with E-state index in [0.717, 1.165) is 45.2 Å². The lowest BCUT2D eigenvalue weighted by Gasteiger charge is -2.38. The van der Waals surface area contributed by atoms with Gasteiger partial charge in [0.2, 0.25) is 0 Å². The van der Waals surface area contributed by atoms with Crippen molar-refractivity contribution in [2.75, 3.05) is 31.5 Å². The maximum atomic E-state index is 13.3. The van der Waals surface area contributed by atoms with E-state index in [-0.39, 0.29) is 18.2 Å². The molecule has 2 fully saturated rings. The van der Waals surface area contributed by atoms with Gasteiger partial charge in [-0.05, 0) is 73.9 Å². The largest absolute Gasteiger partial charge is 0.392 e. The first-order valence-corrected chi connectivity index (χ1v) is 12.6. The van der Waals surface area contributed by atoms with Crippen LogP contribution in [-0.2, 0) is 0 Å². The Morgan fingerprint density at radius 1 is 1.12 bits per heavy atom. The third kappa shape index (κ3) is 6.22. The Morgan fingerprint density at radius 3 is 2.59 bits per heavy atom. The quantitative estimate of drug-likeness (QED) is 0.549. The standard InChI is InChI=1S/C26H30Cl2N4O2/c27-24-9-6-21(15-25(24)28)30-26(34)32(13-12-31-11-10-23(33)17-31)22-7-4-19(5-8-22)20-3-1-2-18(14-20)16-29/h1-3,6,9,14-15,19,22-23,33H,4-5,7-8,10-13,17H2,(H,30,34)/t19-,22-,23-/m1/s1. The zero-order chi connectivity index (χ0) is 24.1. The van der Waals surface area contributed by atoms with E-state index in [9.17, 15) is 15.2 Å². The number of hydrogen-bond donors (Lipinski definition) is 2. The van der Waals surface area contributed by atoms with Gasteiger partial charge >= 0.3 is 6.03 Å². The number of carbonyl (C=O) groups excluding carboxylic acids is 1. The third-order valence-corrected chi connectivity index (χ3v) is 7.70. The van der Waals surface area contributed by atoms with Crippen molar-refractivity contribution < 1.29 is 9.90 Å². The molecule has 2 amide bonds. The molecule has 0 bridgehead atoms. The van der Waals surface area contributed by atoms with Gasteiger partial charge in [0.1, 0.15) is 0 Å². The molecule has 1 aliphatic carbocycles. The van der Waals surface area contributed by atoms with Gasteiger partial charge in [-0.15, -0.1) is 0 Å². The summed E-state index contributed by atoms with van der Waals surface area (Å²) in [6.07, 6.45) is 4.25. The molecule has 1 saturated carbocycles. The van der Waals surface area contributed by atoms with E-state index in [1.165, 1.54) is 5.56 Å². The van der Waals surface area contributed by atoms with Crippen LogP contribution in [0.1, 0.15) is 49.1 Å². The third-order valence-electron chi connectivity index (χ3n) is 6.96. The summed E-state index contributed by atoms with van der Waals surface area (Å²) in [7, 11) is 0. The second-order valence-electron chi connectivity index (χ2n) is 9.24. The molecule has 1 aliphatic heterocycles. The first-order chi connectivity index (χ1) is 16.4. The van der Waals surface area contributed by atoms with Crippen molar-refractivity contribution in [2.45, 2.75) is 50.2 Å². The van der Waals surface area contributed by atoms with Crippen molar-refractivity contribution >= 4 is 34.9 Å². The number of rotatable bonds is 6. The number of hydrogen-bond acceptors (Lipinski definition) is 4. The molecule has 0 aromatic heterocycles. The fourth-order valence-corrected chi connectivity index (χ4v) is 5.36. The molecule has 6 nitrogen and oxygen atoms in total. The number of amides is 2. The number of anilines is 1. The average molecular weight is 501 g/mol. The van der Waals surface area contributed by atoms with Crippen LogP contribution < -0.4 is 5.32 Å². The number of likely N-dealkylation sites (tertiary alicyclic amines) is 1. The monoisotopic (exact) mass is 500 g/mol. The fourth-order valence-electron chi connectivity index (χ4n) is 5.07. The SMILES string of the molecule is N#Cc1cccc([C@H]2CC[C@H](N(CCN3CC[C@@H](O)C3)C(=O)Nc3ccc(Cl)c(Cl)c3)CC2)c1. The Balaban J connectivity index is 1.43.